The van der Waals surface area contributed by atoms with Gasteiger partial charge in [0.25, 0.3) is 0 Å². The van der Waals surface area contributed by atoms with E-state index in [9.17, 15) is 5.11 Å². The molecular weight excluding hydrogens is 272 g/mol. The molecule has 1 rings (SSSR count). The average molecular weight is 309 g/mol. The molecule has 128 valence electrons. The summed E-state index contributed by atoms with van der Waals surface area (Å²) in [6, 6.07) is 0. The van der Waals surface area contributed by atoms with Gasteiger partial charge in [-0.25, -0.2) is 0 Å². The van der Waals surface area contributed by atoms with Crippen molar-refractivity contribution in [3.63, 3.8) is 0 Å². The van der Waals surface area contributed by atoms with Gasteiger partial charge in [-0.15, -0.1) is 0 Å². The second-order valence-electron chi connectivity index (χ2n) is 6.36. The van der Waals surface area contributed by atoms with E-state index >= 15 is 0 Å². The Hall–Kier alpha value is -0.960. The van der Waals surface area contributed by atoms with Crippen LogP contribution in [0, 0.1) is 0 Å². The van der Waals surface area contributed by atoms with Crippen LogP contribution in [0.2, 0.25) is 0 Å². The monoisotopic (exact) mass is 308 g/mol. The first-order valence-electron chi connectivity index (χ1n) is 9.29. The number of aliphatic hydroxyl groups excluding tert-OH is 1. The number of hydrogen-bond acceptors (Lipinski definition) is 3. The third-order valence-electron chi connectivity index (χ3n) is 4.33. The molecule has 0 aromatic rings. The summed E-state index contributed by atoms with van der Waals surface area (Å²) in [6.07, 6.45) is 22.7. The van der Waals surface area contributed by atoms with E-state index in [-0.39, 0.29) is 6.17 Å². The highest BCUT2D eigenvalue weighted by Gasteiger charge is 2.20. The van der Waals surface area contributed by atoms with E-state index in [1.54, 1.807) is 0 Å². The quantitative estimate of drug-likeness (QED) is 0.375. The molecule has 1 aliphatic rings. The van der Waals surface area contributed by atoms with Gasteiger partial charge in [0.05, 0.1) is 0 Å². The van der Waals surface area contributed by atoms with E-state index < -0.39 is 6.23 Å². The highest BCUT2D eigenvalue weighted by Crippen LogP contribution is 2.16. The van der Waals surface area contributed by atoms with Crippen molar-refractivity contribution in [1.29, 1.82) is 0 Å². The molecule has 2 unspecified atom stereocenters. The van der Waals surface area contributed by atoms with Crippen LogP contribution in [0.25, 0.3) is 0 Å². The van der Waals surface area contributed by atoms with Gasteiger partial charge in [0.1, 0.15) is 12.4 Å². The molecule has 0 aliphatic carbocycles. The Morgan fingerprint density at radius 3 is 2.32 bits per heavy atom. The first-order valence-corrected chi connectivity index (χ1v) is 9.29. The summed E-state index contributed by atoms with van der Waals surface area (Å²) in [5.41, 5.74) is 0. The molecule has 0 spiro atoms. The molecule has 0 saturated heterocycles. The van der Waals surface area contributed by atoms with Crippen LogP contribution in [0.15, 0.2) is 24.6 Å². The first-order chi connectivity index (χ1) is 10.8. The average Bonchev–Trinajstić information content (AvgIpc) is 2.97. The van der Waals surface area contributed by atoms with Crippen molar-refractivity contribution in [2.45, 2.75) is 96.9 Å². The minimum atomic E-state index is -0.400. The van der Waals surface area contributed by atoms with Gasteiger partial charge >= 0.3 is 0 Å². The molecule has 2 N–H and O–H groups in total. The van der Waals surface area contributed by atoms with Gasteiger partial charge in [0.2, 0.25) is 0 Å². The molecule has 0 saturated carbocycles. The second-order valence-corrected chi connectivity index (χ2v) is 6.36. The largest absolute Gasteiger partial charge is 0.374 e. The number of rotatable bonds is 13. The lowest BCUT2D eigenvalue weighted by molar-refractivity contribution is 0.0254. The number of nitrogens with zero attached hydrogens (tertiary/aromatic N) is 1. The van der Waals surface area contributed by atoms with Crippen LogP contribution in [0.1, 0.15) is 84.5 Å². The summed E-state index contributed by atoms with van der Waals surface area (Å²) in [5.74, 6) is 0. The number of unbranched alkanes of at least 4 members (excludes halogenated alkanes) is 8. The van der Waals surface area contributed by atoms with Crippen LogP contribution in [0.3, 0.4) is 0 Å². The predicted octanol–water partition coefficient (Wildman–Crippen LogP) is 4.89. The van der Waals surface area contributed by atoms with Crippen molar-refractivity contribution in [2.75, 3.05) is 0 Å². The molecule has 2 atom stereocenters. The molecule has 0 aromatic heterocycles. The molecule has 0 bridgehead atoms. The fourth-order valence-corrected chi connectivity index (χ4v) is 2.99. The zero-order chi connectivity index (χ0) is 16.0. The van der Waals surface area contributed by atoms with Crippen molar-refractivity contribution in [3.05, 3.63) is 24.6 Å². The Balaban J connectivity index is 1.85. The third-order valence-corrected chi connectivity index (χ3v) is 4.33. The molecule has 1 aliphatic heterocycles. The maximum Gasteiger partial charge on any atom is 0.125 e. The molecule has 3 nitrogen and oxygen atoms in total. The second kappa shape index (κ2) is 12.6. The summed E-state index contributed by atoms with van der Waals surface area (Å²) in [5, 5.41) is 13.0. The summed E-state index contributed by atoms with van der Waals surface area (Å²) in [4.78, 5) is 1.99. The van der Waals surface area contributed by atoms with Crippen LogP contribution in [-0.2, 0) is 0 Å². The van der Waals surface area contributed by atoms with E-state index in [4.69, 9.17) is 0 Å². The molecular formula is C19H36N2O. The topological polar surface area (TPSA) is 35.5 Å². The SMILES string of the molecule is CC/C=C/CCCCCCCCCCC1NC=CN1C(C)O. The Kier molecular flexibility index (Phi) is 10.9. The zero-order valence-electron chi connectivity index (χ0n) is 14.6. The van der Waals surface area contributed by atoms with E-state index in [0.717, 1.165) is 6.42 Å². The van der Waals surface area contributed by atoms with Crippen LogP contribution in [-0.4, -0.2) is 22.4 Å². The van der Waals surface area contributed by atoms with E-state index in [2.05, 4.69) is 24.4 Å². The van der Waals surface area contributed by atoms with Gasteiger partial charge < -0.3 is 15.3 Å². The van der Waals surface area contributed by atoms with Crippen molar-refractivity contribution in [3.8, 4) is 0 Å². The van der Waals surface area contributed by atoms with E-state index in [1.807, 2.05) is 24.2 Å². The lowest BCUT2D eigenvalue weighted by atomic mass is 10.1. The van der Waals surface area contributed by atoms with Gasteiger partial charge in [-0.3, -0.25) is 0 Å². The highest BCUT2D eigenvalue weighted by atomic mass is 16.3. The normalized spacial score (nSPS) is 19.0. The predicted molar refractivity (Wildman–Crippen MR) is 95.2 cm³/mol. The molecule has 3 heteroatoms. The molecule has 1 heterocycles. The molecule has 0 radical (unpaired) electrons. The summed E-state index contributed by atoms with van der Waals surface area (Å²) < 4.78 is 0. The molecule has 0 aromatic carbocycles. The van der Waals surface area contributed by atoms with E-state index in [1.165, 1.54) is 64.2 Å². The molecule has 22 heavy (non-hydrogen) atoms. The third kappa shape index (κ3) is 8.47. The summed E-state index contributed by atoms with van der Waals surface area (Å²) in [6.45, 7) is 4.01. The first kappa shape index (κ1) is 19.1. The fraction of sp³-hybridized carbons (Fsp3) is 0.789. The maximum atomic E-state index is 9.64. The Morgan fingerprint density at radius 2 is 1.68 bits per heavy atom. The zero-order valence-corrected chi connectivity index (χ0v) is 14.6. The van der Waals surface area contributed by atoms with Crippen molar-refractivity contribution in [1.82, 2.24) is 10.2 Å². The number of allylic oxidation sites excluding steroid dienone is 2. The van der Waals surface area contributed by atoms with Gasteiger partial charge in [0, 0.05) is 12.4 Å². The van der Waals surface area contributed by atoms with Crippen LogP contribution in [0.5, 0.6) is 0 Å². The van der Waals surface area contributed by atoms with Crippen LogP contribution in [0.4, 0.5) is 0 Å². The van der Waals surface area contributed by atoms with Gasteiger partial charge in [-0.05, 0) is 39.0 Å². The molecule has 0 fully saturated rings. The maximum absolute atomic E-state index is 9.64. The Labute approximate surface area is 137 Å². The lowest BCUT2D eigenvalue weighted by Gasteiger charge is -2.28. The molecule has 0 amide bonds. The van der Waals surface area contributed by atoms with Crippen molar-refractivity contribution in [2.24, 2.45) is 0 Å². The Bertz CT molecular complexity index is 313. The van der Waals surface area contributed by atoms with Gasteiger partial charge in [0.15, 0.2) is 0 Å². The van der Waals surface area contributed by atoms with Crippen LogP contribution >= 0.6 is 0 Å². The minimum Gasteiger partial charge on any atom is -0.374 e. The highest BCUT2D eigenvalue weighted by molar-refractivity contribution is 4.94. The number of nitrogens with one attached hydrogen (secondary N) is 1. The minimum absolute atomic E-state index is 0.288. The van der Waals surface area contributed by atoms with Gasteiger partial charge in [-0.1, -0.05) is 57.6 Å². The number of aliphatic hydroxyl groups is 1. The van der Waals surface area contributed by atoms with Gasteiger partial charge in [-0.2, -0.15) is 0 Å². The van der Waals surface area contributed by atoms with Crippen LogP contribution < -0.4 is 5.32 Å². The smallest absolute Gasteiger partial charge is 0.125 e. The number of hydrogen-bond donors (Lipinski definition) is 2. The van der Waals surface area contributed by atoms with Crippen molar-refractivity contribution < 1.29 is 5.11 Å². The standard InChI is InChI=1S/C19H36N2O/c1-3-4-5-6-7-8-9-10-11-12-13-14-15-19-20-16-17-21(19)18(2)22/h4-5,16-20,22H,3,6-15H2,1-2H3/b5-4+. The van der Waals surface area contributed by atoms with Crippen molar-refractivity contribution >= 4 is 0 Å². The fourth-order valence-electron chi connectivity index (χ4n) is 2.99. The summed E-state index contributed by atoms with van der Waals surface area (Å²) >= 11 is 0. The lowest BCUT2D eigenvalue weighted by Crippen LogP contribution is -2.40. The Morgan fingerprint density at radius 1 is 1.05 bits per heavy atom. The van der Waals surface area contributed by atoms with E-state index in [0.29, 0.717) is 0 Å². The summed E-state index contributed by atoms with van der Waals surface area (Å²) in [7, 11) is 0.